The third kappa shape index (κ3) is 5.54. The van der Waals surface area contributed by atoms with Crippen molar-refractivity contribution in [2.45, 2.75) is 33.7 Å². The lowest BCUT2D eigenvalue weighted by Gasteiger charge is -2.15. The fourth-order valence-corrected chi connectivity index (χ4v) is 2.26. The van der Waals surface area contributed by atoms with E-state index < -0.39 is 11.4 Å². The van der Waals surface area contributed by atoms with Crippen LogP contribution < -0.4 is 22.1 Å². The van der Waals surface area contributed by atoms with Crippen LogP contribution >= 0.6 is 0 Å². The third-order valence-corrected chi connectivity index (χ3v) is 3.96. The van der Waals surface area contributed by atoms with Gasteiger partial charge < -0.3 is 16.8 Å². The lowest BCUT2D eigenvalue weighted by molar-refractivity contribution is -0.124. The highest BCUT2D eigenvalue weighted by molar-refractivity contribution is 6.08. The van der Waals surface area contributed by atoms with Gasteiger partial charge in [-0.2, -0.15) is 4.99 Å². The molecule has 0 aliphatic carbocycles. The molecule has 1 heterocycles. The van der Waals surface area contributed by atoms with Crippen LogP contribution in [-0.2, 0) is 4.79 Å². The van der Waals surface area contributed by atoms with Crippen molar-refractivity contribution in [3.8, 4) is 0 Å². The van der Waals surface area contributed by atoms with E-state index in [0.717, 1.165) is 5.56 Å². The van der Waals surface area contributed by atoms with E-state index in [9.17, 15) is 9.59 Å². The first-order valence-corrected chi connectivity index (χ1v) is 8.85. The zero-order valence-electron chi connectivity index (χ0n) is 16.5. The fraction of sp³-hybridized carbons (Fsp3) is 0.300. The number of hydrogen-bond acceptors (Lipinski definition) is 4. The van der Waals surface area contributed by atoms with Crippen molar-refractivity contribution < 1.29 is 9.59 Å². The molecule has 1 atom stereocenters. The predicted octanol–water partition coefficient (Wildman–Crippen LogP) is 2.82. The Morgan fingerprint density at radius 3 is 2.39 bits per heavy atom. The maximum atomic E-state index is 12.2. The Morgan fingerprint density at radius 1 is 1.18 bits per heavy atom. The molecule has 3 amide bonds. The van der Waals surface area contributed by atoms with Crippen molar-refractivity contribution in [2.75, 3.05) is 11.1 Å². The number of aliphatic imine (C=N–C) groups is 1. The first-order chi connectivity index (χ1) is 13.1. The molecule has 6 N–H and O–H groups in total. The zero-order chi connectivity index (χ0) is 20.9. The van der Waals surface area contributed by atoms with Gasteiger partial charge in [0.25, 0.3) is 5.91 Å². The molecule has 0 radical (unpaired) electrons. The fourth-order valence-electron chi connectivity index (χ4n) is 2.26. The summed E-state index contributed by atoms with van der Waals surface area (Å²) in [6.07, 6.45) is 1.38. The lowest BCUT2D eigenvalue weighted by atomic mass is 9.96. The number of urea groups is 1. The summed E-state index contributed by atoms with van der Waals surface area (Å²) in [5.74, 6) is -0.117. The molecule has 2 aromatic rings. The highest BCUT2D eigenvalue weighted by Gasteiger charge is 2.21. The molecular weight excluding hydrogens is 356 g/mol. The maximum Gasteiger partial charge on any atom is 0.320 e. The van der Waals surface area contributed by atoms with Crippen LogP contribution in [0.15, 0.2) is 47.6 Å². The molecule has 1 aromatic carbocycles. The molecule has 0 bridgehead atoms. The van der Waals surface area contributed by atoms with E-state index >= 15 is 0 Å². The molecule has 28 heavy (non-hydrogen) atoms. The number of aromatic nitrogens is 1. The standard InChI is InChI=1S/C20H26N6O2/c1-12(13-8-6-5-7-9-13)24-19(28)25-16-10-15(21)14(11-23-16)17(22)26-18(27)20(2,3)4/h5-12H,1-4H3,(H2,22,26,27)(H4,21,23,24,25,28). The summed E-state index contributed by atoms with van der Waals surface area (Å²) in [6, 6.07) is 10.4. The highest BCUT2D eigenvalue weighted by Crippen LogP contribution is 2.18. The molecule has 0 saturated carbocycles. The molecule has 8 nitrogen and oxygen atoms in total. The molecule has 0 fully saturated rings. The second-order valence-corrected chi connectivity index (χ2v) is 7.44. The summed E-state index contributed by atoms with van der Waals surface area (Å²) in [5.41, 5.74) is 12.8. The van der Waals surface area contributed by atoms with E-state index in [0.29, 0.717) is 5.56 Å². The van der Waals surface area contributed by atoms with E-state index in [-0.39, 0.29) is 29.3 Å². The Kier molecular flexibility index (Phi) is 6.35. The Labute approximate surface area is 164 Å². The number of nitrogens with one attached hydrogen (secondary N) is 2. The van der Waals surface area contributed by atoms with Crippen molar-refractivity contribution in [3.63, 3.8) is 0 Å². The Morgan fingerprint density at radius 2 is 1.82 bits per heavy atom. The predicted molar refractivity (Wildman–Crippen MR) is 111 cm³/mol. The number of nitrogen functional groups attached to an aromatic ring is 1. The second kappa shape index (κ2) is 8.51. The van der Waals surface area contributed by atoms with Gasteiger partial charge in [0.05, 0.1) is 11.6 Å². The molecule has 8 heteroatoms. The van der Waals surface area contributed by atoms with Crippen LogP contribution in [0.2, 0.25) is 0 Å². The van der Waals surface area contributed by atoms with Crippen LogP contribution in [0, 0.1) is 5.41 Å². The minimum absolute atomic E-state index is 0.0152. The summed E-state index contributed by atoms with van der Waals surface area (Å²) in [5, 5.41) is 5.45. The van der Waals surface area contributed by atoms with Crippen molar-refractivity contribution in [1.29, 1.82) is 0 Å². The van der Waals surface area contributed by atoms with E-state index in [4.69, 9.17) is 11.5 Å². The summed E-state index contributed by atoms with van der Waals surface area (Å²) in [4.78, 5) is 32.2. The summed E-state index contributed by atoms with van der Waals surface area (Å²) in [6.45, 7) is 7.12. The smallest absolute Gasteiger partial charge is 0.320 e. The van der Waals surface area contributed by atoms with Crippen molar-refractivity contribution in [2.24, 2.45) is 16.1 Å². The number of amidine groups is 1. The molecule has 0 aliphatic heterocycles. The Hall–Kier alpha value is -3.42. The van der Waals surface area contributed by atoms with Gasteiger partial charge in [-0.25, -0.2) is 9.78 Å². The molecule has 1 unspecified atom stereocenters. The van der Waals surface area contributed by atoms with Gasteiger partial charge in [0.2, 0.25) is 0 Å². The quantitative estimate of drug-likeness (QED) is 0.476. The van der Waals surface area contributed by atoms with Gasteiger partial charge in [0.1, 0.15) is 11.7 Å². The van der Waals surface area contributed by atoms with Crippen molar-refractivity contribution >= 4 is 29.3 Å². The normalized spacial score (nSPS) is 12.9. The van der Waals surface area contributed by atoms with Gasteiger partial charge >= 0.3 is 6.03 Å². The molecule has 1 aromatic heterocycles. The van der Waals surface area contributed by atoms with E-state index in [1.807, 2.05) is 37.3 Å². The largest absolute Gasteiger partial charge is 0.398 e. The van der Waals surface area contributed by atoms with E-state index in [1.165, 1.54) is 12.3 Å². The van der Waals surface area contributed by atoms with Crippen LogP contribution in [0.1, 0.15) is 44.9 Å². The number of amides is 3. The van der Waals surface area contributed by atoms with Gasteiger partial charge in [-0.1, -0.05) is 51.1 Å². The molecule has 0 aliphatic rings. The maximum absolute atomic E-state index is 12.2. The first kappa shape index (κ1) is 20.9. The number of rotatable bonds is 4. The number of nitrogens with zero attached hydrogens (tertiary/aromatic N) is 2. The SMILES string of the molecule is CC(NC(=O)Nc1cc(N)c(C(N)=NC(=O)C(C)(C)C)cn1)c1ccccc1. The summed E-state index contributed by atoms with van der Waals surface area (Å²) in [7, 11) is 0. The average molecular weight is 382 g/mol. The minimum atomic E-state index is -0.651. The number of carbonyl (C=O) groups excluding carboxylic acids is 2. The van der Waals surface area contributed by atoms with Gasteiger partial charge in [0.15, 0.2) is 0 Å². The summed E-state index contributed by atoms with van der Waals surface area (Å²) < 4.78 is 0. The van der Waals surface area contributed by atoms with E-state index in [1.54, 1.807) is 20.8 Å². The molecule has 0 saturated heterocycles. The molecule has 0 spiro atoms. The van der Waals surface area contributed by atoms with Gasteiger partial charge in [0, 0.05) is 23.4 Å². The first-order valence-electron chi connectivity index (χ1n) is 8.85. The second-order valence-electron chi connectivity index (χ2n) is 7.44. The number of hydrogen-bond donors (Lipinski definition) is 4. The molecule has 2 rings (SSSR count). The monoisotopic (exact) mass is 382 g/mol. The van der Waals surface area contributed by atoms with Crippen LogP contribution in [0.3, 0.4) is 0 Å². The van der Waals surface area contributed by atoms with Crippen LogP contribution in [0.5, 0.6) is 0 Å². The average Bonchev–Trinajstić information content (AvgIpc) is 2.61. The van der Waals surface area contributed by atoms with Gasteiger partial charge in [-0.05, 0) is 12.5 Å². The van der Waals surface area contributed by atoms with Crippen LogP contribution in [-0.4, -0.2) is 22.8 Å². The number of carbonyl (C=O) groups is 2. The zero-order valence-corrected chi connectivity index (χ0v) is 16.5. The lowest BCUT2D eigenvalue weighted by Crippen LogP contribution is -2.31. The Bertz CT molecular complexity index is 887. The van der Waals surface area contributed by atoms with Crippen LogP contribution in [0.25, 0.3) is 0 Å². The number of anilines is 2. The molecule has 148 valence electrons. The summed E-state index contributed by atoms with van der Waals surface area (Å²) >= 11 is 0. The van der Waals surface area contributed by atoms with Gasteiger partial charge in [-0.3, -0.25) is 10.1 Å². The number of pyridine rings is 1. The van der Waals surface area contributed by atoms with Crippen molar-refractivity contribution in [3.05, 3.63) is 53.7 Å². The number of nitrogens with two attached hydrogens (primary N) is 2. The number of benzene rings is 1. The third-order valence-electron chi connectivity index (χ3n) is 3.96. The minimum Gasteiger partial charge on any atom is -0.398 e. The van der Waals surface area contributed by atoms with E-state index in [2.05, 4.69) is 20.6 Å². The highest BCUT2D eigenvalue weighted by atomic mass is 16.2. The Balaban J connectivity index is 2.06. The van der Waals surface area contributed by atoms with Crippen LogP contribution in [0.4, 0.5) is 16.3 Å². The van der Waals surface area contributed by atoms with Gasteiger partial charge in [-0.15, -0.1) is 0 Å². The van der Waals surface area contributed by atoms with Crippen molar-refractivity contribution in [1.82, 2.24) is 10.3 Å². The molecular formula is C20H26N6O2. The topological polar surface area (TPSA) is 135 Å².